The highest BCUT2D eigenvalue weighted by molar-refractivity contribution is 6.30. The summed E-state index contributed by atoms with van der Waals surface area (Å²) < 4.78 is 46.0. The van der Waals surface area contributed by atoms with Gasteiger partial charge in [0, 0.05) is 19.2 Å². The van der Waals surface area contributed by atoms with E-state index in [2.05, 4.69) is 15.5 Å². The lowest BCUT2D eigenvalue weighted by molar-refractivity contribution is -0.136. The maximum absolute atomic E-state index is 13.1. The lowest BCUT2D eigenvalue weighted by Gasteiger charge is -2.10. The molecular weight excluding hydrogens is 409 g/mol. The number of pyridine rings is 1. The molecule has 154 valence electrons. The third kappa shape index (κ3) is 4.97. The number of halogens is 4. The molecule has 0 saturated heterocycles. The van der Waals surface area contributed by atoms with Gasteiger partial charge in [-0.25, -0.2) is 0 Å². The van der Waals surface area contributed by atoms with Crippen molar-refractivity contribution in [2.75, 3.05) is 13.2 Å². The van der Waals surface area contributed by atoms with E-state index < -0.39 is 11.7 Å². The van der Waals surface area contributed by atoms with Gasteiger partial charge in [0.2, 0.25) is 0 Å². The molecule has 29 heavy (non-hydrogen) atoms. The third-order valence-electron chi connectivity index (χ3n) is 4.37. The molecule has 2 aromatic heterocycles. The lowest BCUT2D eigenvalue weighted by Crippen LogP contribution is -2.30. The van der Waals surface area contributed by atoms with Crippen molar-refractivity contribution in [2.45, 2.75) is 26.4 Å². The molecule has 0 aliphatic carbocycles. The standard InChI is InChI=1S/C19H18ClF3N4O2/c1-11-3-4-14(7-12(11)2)29-10-17(28)24-6-5-16-25-26-18-15(19(21,22)23)8-13(20)9-27(16)18/h3-4,7-9H,5-6,10H2,1-2H3,(H,24,28). The van der Waals surface area contributed by atoms with E-state index in [1.54, 1.807) is 6.07 Å². The maximum Gasteiger partial charge on any atom is 0.420 e. The number of aryl methyl sites for hydroxylation is 2. The topological polar surface area (TPSA) is 68.5 Å². The highest BCUT2D eigenvalue weighted by Gasteiger charge is 2.35. The van der Waals surface area contributed by atoms with Gasteiger partial charge in [0.05, 0.1) is 5.02 Å². The van der Waals surface area contributed by atoms with Gasteiger partial charge in [0.1, 0.15) is 17.1 Å². The first-order valence-electron chi connectivity index (χ1n) is 8.72. The van der Waals surface area contributed by atoms with Gasteiger partial charge in [-0.2, -0.15) is 13.2 Å². The molecule has 6 nitrogen and oxygen atoms in total. The number of aromatic nitrogens is 3. The number of amides is 1. The van der Waals surface area contributed by atoms with Gasteiger partial charge in [-0.15, -0.1) is 10.2 Å². The van der Waals surface area contributed by atoms with Crippen LogP contribution >= 0.6 is 11.6 Å². The van der Waals surface area contributed by atoms with Crippen LogP contribution in [0.1, 0.15) is 22.5 Å². The van der Waals surface area contributed by atoms with E-state index in [1.807, 2.05) is 26.0 Å². The Labute approximate surface area is 169 Å². The average molecular weight is 427 g/mol. The van der Waals surface area contributed by atoms with Crippen LogP contribution in [0.25, 0.3) is 5.65 Å². The van der Waals surface area contributed by atoms with Crippen LogP contribution in [-0.2, 0) is 17.4 Å². The van der Waals surface area contributed by atoms with Crippen LogP contribution in [0.15, 0.2) is 30.5 Å². The molecular formula is C19H18ClF3N4O2. The Morgan fingerprint density at radius 1 is 1.21 bits per heavy atom. The molecule has 1 N–H and O–H groups in total. The van der Waals surface area contributed by atoms with Crippen LogP contribution in [-0.4, -0.2) is 33.7 Å². The van der Waals surface area contributed by atoms with Crippen molar-refractivity contribution in [1.29, 1.82) is 0 Å². The number of benzene rings is 1. The number of hydrogen-bond donors (Lipinski definition) is 1. The zero-order valence-corrected chi connectivity index (χ0v) is 16.4. The van der Waals surface area contributed by atoms with Crippen molar-refractivity contribution in [3.8, 4) is 5.75 Å². The van der Waals surface area contributed by atoms with E-state index in [-0.39, 0.29) is 42.0 Å². The number of carbonyl (C=O) groups is 1. The molecule has 0 radical (unpaired) electrons. The molecule has 0 unspecified atom stereocenters. The molecule has 0 aliphatic heterocycles. The summed E-state index contributed by atoms with van der Waals surface area (Å²) in [4.78, 5) is 12.0. The Morgan fingerprint density at radius 2 is 1.97 bits per heavy atom. The van der Waals surface area contributed by atoms with Crippen molar-refractivity contribution in [2.24, 2.45) is 0 Å². The van der Waals surface area contributed by atoms with Crippen LogP contribution < -0.4 is 10.1 Å². The molecule has 0 fully saturated rings. The zero-order chi connectivity index (χ0) is 21.2. The molecule has 0 spiro atoms. The highest BCUT2D eigenvalue weighted by atomic mass is 35.5. The largest absolute Gasteiger partial charge is 0.484 e. The van der Waals surface area contributed by atoms with Crippen molar-refractivity contribution in [3.63, 3.8) is 0 Å². The van der Waals surface area contributed by atoms with Crippen molar-refractivity contribution in [1.82, 2.24) is 19.9 Å². The van der Waals surface area contributed by atoms with Gasteiger partial charge < -0.3 is 10.1 Å². The first-order chi connectivity index (χ1) is 13.6. The molecule has 0 aliphatic rings. The molecule has 0 bridgehead atoms. The Morgan fingerprint density at radius 3 is 2.66 bits per heavy atom. The van der Waals surface area contributed by atoms with Gasteiger partial charge in [0.15, 0.2) is 12.3 Å². The average Bonchev–Trinajstić information content (AvgIpc) is 3.04. The number of hydrogen-bond acceptors (Lipinski definition) is 4. The number of carbonyl (C=O) groups excluding carboxylic acids is 1. The summed E-state index contributed by atoms with van der Waals surface area (Å²) in [6, 6.07) is 6.33. The fourth-order valence-electron chi connectivity index (χ4n) is 2.70. The molecule has 3 aromatic rings. The van der Waals surface area contributed by atoms with Crippen LogP contribution in [0.5, 0.6) is 5.75 Å². The zero-order valence-electron chi connectivity index (χ0n) is 15.7. The first kappa shape index (κ1) is 20.9. The number of ether oxygens (including phenoxy) is 1. The summed E-state index contributed by atoms with van der Waals surface area (Å²) in [5, 5.41) is 9.96. The Hall–Kier alpha value is -2.81. The van der Waals surface area contributed by atoms with Crippen molar-refractivity contribution in [3.05, 3.63) is 58.0 Å². The fourth-order valence-corrected chi connectivity index (χ4v) is 2.91. The second-order valence-electron chi connectivity index (χ2n) is 6.51. The quantitative estimate of drug-likeness (QED) is 0.651. The van der Waals surface area contributed by atoms with Crippen molar-refractivity contribution < 1.29 is 22.7 Å². The summed E-state index contributed by atoms with van der Waals surface area (Å²) >= 11 is 5.80. The second-order valence-corrected chi connectivity index (χ2v) is 6.95. The normalized spacial score (nSPS) is 11.7. The molecule has 0 atom stereocenters. The van der Waals surface area contributed by atoms with Crippen LogP contribution in [0.4, 0.5) is 13.2 Å². The minimum absolute atomic E-state index is 0.0864. The third-order valence-corrected chi connectivity index (χ3v) is 4.57. The molecule has 2 heterocycles. The molecule has 1 amide bonds. The van der Waals surface area contributed by atoms with E-state index in [0.717, 1.165) is 17.2 Å². The molecule has 0 saturated carbocycles. The minimum Gasteiger partial charge on any atom is -0.484 e. The summed E-state index contributed by atoms with van der Waals surface area (Å²) in [5.41, 5.74) is 0.880. The smallest absolute Gasteiger partial charge is 0.420 e. The highest BCUT2D eigenvalue weighted by Crippen LogP contribution is 2.33. The van der Waals surface area contributed by atoms with Gasteiger partial charge in [0.25, 0.3) is 5.91 Å². The second kappa shape index (κ2) is 8.28. The Bertz CT molecular complexity index is 1050. The van der Waals surface area contributed by atoms with E-state index >= 15 is 0 Å². The number of alkyl halides is 3. The minimum atomic E-state index is -4.60. The fraction of sp³-hybridized carbons (Fsp3) is 0.316. The Balaban J connectivity index is 1.59. The predicted molar refractivity (Wildman–Crippen MR) is 101 cm³/mol. The van der Waals surface area contributed by atoms with Gasteiger partial charge in [-0.1, -0.05) is 17.7 Å². The number of rotatable bonds is 6. The van der Waals surface area contributed by atoms with E-state index in [1.165, 1.54) is 10.6 Å². The SMILES string of the molecule is Cc1ccc(OCC(=O)NCCc2nnc3c(C(F)(F)F)cc(Cl)cn23)cc1C. The van der Waals surface area contributed by atoms with Gasteiger partial charge in [-0.3, -0.25) is 9.20 Å². The first-order valence-corrected chi connectivity index (χ1v) is 9.10. The predicted octanol–water partition coefficient (Wildman–Crippen LogP) is 3.76. The Kier molecular flexibility index (Phi) is 5.97. The number of fused-ring (bicyclic) bond motifs is 1. The summed E-state index contributed by atoms with van der Waals surface area (Å²) in [6.45, 7) is 3.91. The summed E-state index contributed by atoms with van der Waals surface area (Å²) in [5.74, 6) is 0.482. The van der Waals surface area contributed by atoms with Crippen LogP contribution in [0.2, 0.25) is 5.02 Å². The summed E-state index contributed by atoms with van der Waals surface area (Å²) in [7, 11) is 0. The van der Waals surface area contributed by atoms with Crippen LogP contribution in [0, 0.1) is 13.8 Å². The maximum atomic E-state index is 13.1. The van der Waals surface area contributed by atoms with Crippen LogP contribution in [0.3, 0.4) is 0 Å². The van der Waals surface area contributed by atoms with E-state index in [4.69, 9.17) is 16.3 Å². The van der Waals surface area contributed by atoms with Gasteiger partial charge >= 0.3 is 6.18 Å². The number of nitrogens with zero attached hydrogens (tertiary/aromatic N) is 3. The molecule has 3 rings (SSSR count). The molecule has 1 aromatic carbocycles. The van der Waals surface area contributed by atoms with E-state index in [0.29, 0.717) is 5.75 Å². The molecule has 10 heteroatoms. The monoisotopic (exact) mass is 426 g/mol. The van der Waals surface area contributed by atoms with Gasteiger partial charge in [-0.05, 0) is 43.2 Å². The number of nitrogens with one attached hydrogen (secondary N) is 1. The van der Waals surface area contributed by atoms with E-state index in [9.17, 15) is 18.0 Å². The van der Waals surface area contributed by atoms with Crippen molar-refractivity contribution >= 4 is 23.2 Å². The lowest BCUT2D eigenvalue weighted by atomic mass is 10.1. The summed E-state index contributed by atoms with van der Waals surface area (Å²) in [6.07, 6.45) is -3.11.